The molecule has 0 saturated carbocycles. The smallest absolute Gasteiger partial charge is 0.462 e. The average molecular weight is 1450 g/mol. The van der Waals surface area contributed by atoms with Crippen LogP contribution in [0.5, 0.6) is 0 Å². The zero-order valence-electron chi connectivity index (χ0n) is 63.4. The minimum absolute atomic E-state index is 0.0189. The van der Waals surface area contributed by atoms with E-state index in [1.165, 1.54) is 141 Å². The molecule has 17 nitrogen and oxygen atoms in total. The first kappa shape index (κ1) is 96.2. The number of aliphatic hydroxyl groups is 1. The zero-order valence-corrected chi connectivity index (χ0v) is 65.2. The van der Waals surface area contributed by atoms with Crippen LogP contribution in [0.1, 0.15) is 349 Å². The molecule has 0 saturated heterocycles. The number of phosphoric ester groups is 2. The molecule has 2 unspecified atom stereocenters. The maximum absolute atomic E-state index is 13.1. The van der Waals surface area contributed by atoms with Crippen LogP contribution < -0.4 is 0 Å². The number of allylic oxidation sites excluding steroid dienone is 14. The lowest BCUT2D eigenvalue weighted by Crippen LogP contribution is -2.30. The Morgan fingerprint density at radius 3 is 0.890 bits per heavy atom. The maximum atomic E-state index is 13.1. The van der Waals surface area contributed by atoms with Gasteiger partial charge in [0.15, 0.2) is 12.2 Å². The molecule has 0 spiro atoms. The van der Waals surface area contributed by atoms with Crippen LogP contribution in [0, 0.1) is 0 Å². The second-order valence-corrected chi connectivity index (χ2v) is 29.6. The second kappa shape index (κ2) is 73.5. The topological polar surface area (TPSA) is 237 Å². The predicted molar refractivity (Wildman–Crippen MR) is 409 cm³/mol. The number of phosphoric acid groups is 2. The quantitative estimate of drug-likeness (QED) is 0.0128. The molecule has 100 heavy (non-hydrogen) atoms. The molecule has 0 aromatic rings. The van der Waals surface area contributed by atoms with Crippen LogP contribution in [0.3, 0.4) is 0 Å². The van der Waals surface area contributed by atoms with E-state index >= 15 is 0 Å². The summed E-state index contributed by atoms with van der Waals surface area (Å²) in [6, 6.07) is 0. The minimum Gasteiger partial charge on any atom is -0.462 e. The third-order valence-corrected chi connectivity index (χ3v) is 18.8. The van der Waals surface area contributed by atoms with Crippen molar-refractivity contribution >= 4 is 39.5 Å². The van der Waals surface area contributed by atoms with Crippen molar-refractivity contribution in [3.63, 3.8) is 0 Å². The Labute approximate surface area is 608 Å². The molecule has 0 bridgehead atoms. The molecule has 3 N–H and O–H groups in total. The van der Waals surface area contributed by atoms with E-state index in [0.29, 0.717) is 32.1 Å². The van der Waals surface area contributed by atoms with Crippen molar-refractivity contribution in [1.29, 1.82) is 0 Å². The van der Waals surface area contributed by atoms with Gasteiger partial charge in [0, 0.05) is 25.7 Å². The summed E-state index contributed by atoms with van der Waals surface area (Å²) >= 11 is 0. The summed E-state index contributed by atoms with van der Waals surface area (Å²) in [7, 11) is -9.97. The Hall–Kier alpha value is -3.76. The molecule has 0 radical (unpaired) electrons. The lowest BCUT2D eigenvalue weighted by atomic mass is 10.0. The standard InChI is InChI=1S/C81H144O17P2/c1-5-9-13-17-21-25-29-33-36-37-40-44-48-52-56-60-64-68-81(86)98-77(72-92-79(84)66-62-58-54-50-46-42-38-34-30-26-22-18-14-10-6-2)74-96-100(89,90)94-70-75(82)69-93-99(87,88)95-73-76(71-91-78(83)65-61-57-53-49-45-41-32-28-24-20-16-12-8-4)97-80(85)67-63-59-55-51-47-43-39-35-31-27-23-19-15-11-7-3/h21,25,27,31,33-36,38-40,44,52,56,75-77,82H,5-20,22-24,26,28-30,32,37,41-43,45-51,53-55,57-74H2,1-4H3,(H,87,88)(H,89,90)/b25-21-,31-27-,36-33-,38-34-,39-35-,44-40-,56-52-/t75-,76+,77+/m0/s1. The first-order valence-corrected chi connectivity index (χ1v) is 42.8. The molecule has 580 valence electrons. The van der Waals surface area contributed by atoms with Crippen LogP contribution in [0.15, 0.2) is 85.1 Å². The summed E-state index contributed by atoms with van der Waals surface area (Å²) in [5.41, 5.74) is 0. The van der Waals surface area contributed by atoms with Crippen molar-refractivity contribution in [3.05, 3.63) is 85.1 Å². The number of unbranched alkanes of at least 4 members (excludes halogenated alkanes) is 36. The number of esters is 4. The summed E-state index contributed by atoms with van der Waals surface area (Å²) in [4.78, 5) is 72.9. The van der Waals surface area contributed by atoms with Crippen LogP contribution in [-0.4, -0.2) is 96.7 Å². The number of hydrogen-bond donors (Lipinski definition) is 3. The minimum atomic E-state index is -4.99. The van der Waals surface area contributed by atoms with E-state index in [-0.39, 0.29) is 25.7 Å². The molecule has 0 amide bonds. The molecule has 0 aliphatic heterocycles. The first-order chi connectivity index (χ1) is 48.7. The fourth-order valence-corrected chi connectivity index (χ4v) is 12.3. The highest BCUT2D eigenvalue weighted by molar-refractivity contribution is 7.47. The lowest BCUT2D eigenvalue weighted by Gasteiger charge is -2.21. The van der Waals surface area contributed by atoms with Crippen molar-refractivity contribution in [3.8, 4) is 0 Å². The third-order valence-electron chi connectivity index (χ3n) is 16.9. The van der Waals surface area contributed by atoms with Gasteiger partial charge in [0.05, 0.1) is 26.4 Å². The molecule has 0 rings (SSSR count). The van der Waals surface area contributed by atoms with E-state index in [9.17, 15) is 43.2 Å². The molecule has 0 aliphatic carbocycles. The summed E-state index contributed by atoms with van der Waals surface area (Å²) < 4.78 is 68.5. The van der Waals surface area contributed by atoms with Crippen LogP contribution >= 0.6 is 15.6 Å². The van der Waals surface area contributed by atoms with E-state index in [1.54, 1.807) is 0 Å². The third kappa shape index (κ3) is 72.6. The van der Waals surface area contributed by atoms with Gasteiger partial charge in [-0.3, -0.25) is 37.3 Å². The molecule has 0 aliphatic rings. The first-order valence-electron chi connectivity index (χ1n) is 39.8. The van der Waals surface area contributed by atoms with E-state index in [1.807, 2.05) is 12.2 Å². The number of carbonyl (C=O) groups excluding carboxylic acids is 4. The Kier molecular flexibility index (Phi) is 70.8. The van der Waals surface area contributed by atoms with Gasteiger partial charge in [0.25, 0.3) is 0 Å². The van der Waals surface area contributed by atoms with Crippen molar-refractivity contribution in [2.45, 2.75) is 367 Å². The molecule has 5 atom stereocenters. The zero-order chi connectivity index (χ0) is 73.2. The Morgan fingerprint density at radius 1 is 0.290 bits per heavy atom. The summed E-state index contributed by atoms with van der Waals surface area (Å²) in [6.45, 7) is 4.78. The summed E-state index contributed by atoms with van der Waals surface area (Å²) in [6.07, 6.45) is 75.7. The highest BCUT2D eigenvalue weighted by atomic mass is 31.2. The molecule has 0 fully saturated rings. The number of carbonyl (C=O) groups is 4. The Balaban J connectivity index is 5.41. The van der Waals surface area contributed by atoms with E-state index in [4.69, 9.17) is 37.0 Å². The van der Waals surface area contributed by atoms with Crippen molar-refractivity contribution in [2.75, 3.05) is 39.6 Å². The number of aliphatic hydroxyl groups excluding tert-OH is 1. The van der Waals surface area contributed by atoms with Crippen LogP contribution in [0.25, 0.3) is 0 Å². The summed E-state index contributed by atoms with van der Waals surface area (Å²) in [5.74, 6) is -2.24. The fourth-order valence-electron chi connectivity index (χ4n) is 10.7. The molecule has 0 aromatic carbocycles. The number of hydrogen-bond acceptors (Lipinski definition) is 15. The van der Waals surface area contributed by atoms with Gasteiger partial charge in [-0.1, -0.05) is 293 Å². The van der Waals surface area contributed by atoms with E-state index in [2.05, 4.69) is 101 Å². The predicted octanol–water partition coefficient (Wildman–Crippen LogP) is 23.0. The maximum Gasteiger partial charge on any atom is 0.472 e. The average Bonchev–Trinajstić information content (AvgIpc) is 1.22. The number of ether oxygens (including phenoxy) is 4. The van der Waals surface area contributed by atoms with Crippen LogP contribution in [0.4, 0.5) is 0 Å². The van der Waals surface area contributed by atoms with Gasteiger partial charge in [-0.15, -0.1) is 0 Å². The van der Waals surface area contributed by atoms with Gasteiger partial charge in [0.2, 0.25) is 0 Å². The molecule has 0 aromatic heterocycles. The Bertz CT molecular complexity index is 2230. The van der Waals surface area contributed by atoms with Crippen LogP contribution in [-0.2, 0) is 65.4 Å². The molecule has 0 heterocycles. The van der Waals surface area contributed by atoms with Gasteiger partial charge < -0.3 is 33.8 Å². The van der Waals surface area contributed by atoms with Crippen molar-refractivity contribution in [2.24, 2.45) is 0 Å². The molecular weight excluding hydrogens is 1310 g/mol. The van der Waals surface area contributed by atoms with Gasteiger partial charge in [0.1, 0.15) is 19.3 Å². The lowest BCUT2D eigenvalue weighted by molar-refractivity contribution is -0.161. The molecule has 19 heteroatoms. The number of rotatable bonds is 75. The van der Waals surface area contributed by atoms with Gasteiger partial charge >= 0.3 is 39.5 Å². The second-order valence-electron chi connectivity index (χ2n) is 26.7. The summed E-state index contributed by atoms with van der Waals surface area (Å²) in [5, 5.41) is 10.6. The van der Waals surface area contributed by atoms with Gasteiger partial charge in [-0.05, 0) is 116 Å². The van der Waals surface area contributed by atoms with Gasteiger partial charge in [-0.2, -0.15) is 0 Å². The normalized spacial score (nSPS) is 14.3. The van der Waals surface area contributed by atoms with E-state index < -0.39 is 97.5 Å². The SMILES string of the molecule is CCCCC/C=C\C/C=C\C/C=C\C/C=C\CCCC(=O)O[C@H](COC(=O)CCCCCCC/C=C\CCCCCCCC)COP(=O)(O)OC[C@@H](O)COP(=O)(O)OC[C@@H](COC(=O)CCCCCCCCCCCCCCC)OC(=O)CCCCCCC/C=C\C=C/CCCCCC. The van der Waals surface area contributed by atoms with Crippen molar-refractivity contribution < 1.29 is 80.2 Å². The largest absolute Gasteiger partial charge is 0.472 e. The van der Waals surface area contributed by atoms with Crippen molar-refractivity contribution in [1.82, 2.24) is 0 Å². The van der Waals surface area contributed by atoms with Gasteiger partial charge in [-0.25, -0.2) is 9.13 Å². The Morgan fingerprint density at radius 2 is 0.530 bits per heavy atom. The highest BCUT2D eigenvalue weighted by Gasteiger charge is 2.30. The van der Waals surface area contributed by atoms with Crippen LogP contribution in [0.2, 0.25) is 0 Å². The monoisotopic (exact) mass is 1450 g/mol. The van der Waals surface area contributed by atoms with E-state index in [0.717, 1.165) is 122 Å². The fraction of sp³-hybridized carbons (Fsp3) is 0.778. The molecular formula is C81H144O17P2. The highest BCUT2D eigenvalue weighted by Crippen LogP contribution is 2.45.